The number of para-hydroxylation sites is 1. The molecule has 0 bridgehead atoms. The Balaban J connectivity index is 1.43. The van der Waals surface area contributed by atoms with Gasteiger partial charge in [0.25, 0.3) is 5.91 Å². The van der Waals surface area contributed by atoms with Crippen molar-refractivity contribution in [1.29, 1.82) is 0 Å². The van der Waals surface area contributed by atoms with Crippen LogP contribution in [-0.4, -0.2) is 55.0 Å². The third kappa shape index (κ3) is 4.69. The molecule has 11 nitrogen and oxygen atoms in total. The Morgan fingerprint density at radius 1 is 1.14 bits per heavy atom. The molecule has 0 aliphatic heterocycles. The first-order valence-corrected chi connectivity index (χ1v) is 11.3. The Kier molecular flexibility index (Phi) is 6.25. The number of pyridine rings is 1. The van der Waals surface area contributed by atoms with Gasteiger partial charge >= 0.3 is 0 Å². The van der Waals surface area contributed by atoms with Gasteiger partial charge in [0, 0.05) is 41.2 Å². The quantitative estimate of drug-likeness (QED) is 0.219. The number of rotatable bonds is 8. The molecular weight excluding hydrogens is 474 g/mol. The highest BCUT2D eigenvalue weighted by molar-refractivity contribution is 6.00. The number of primary amides is 1. The fourth-order valence-electron chi connectivity index (χ4n) is 4.07. The topological polar surface area (TPSA) is 172 Å². The van der Waals surface area contributed by atoms with E-state index in [-0.39, 0.29) is 12.2 Å². The summed E-state index contributed by atoms with van der Waals surface area (Å²) in [7, 11) is 1.52. The van der Waals surface area contributed by atoms with Crippen LogP contribution >= 0.6 is 0 Å². The number of phenols is 1. The van der Waals surface area contributed by atoms with Gasteiger partial charge in [-0.05, 0) is 36.4 Å². The van der Waals surface area contributed by atoms with Crippen LogP contribution in [0, 0.1) is 0 Å². The number of nitrogens with one attached hydrogen (secondary N) is 3. The van der Waals surface area contributed by atoms with Gasteiger partial charge < -0.3 is 30.9 Å². The van der Waals surface area contributed by atoms with E-state index in [0.29, 0.717) is 50.7 Å². The van der Waals surface area contributed by atoms with Crippen molar-refractivity contribution in [2.75, 3.05) is 7.11 Å². The molecule has 186 valence electrons. The number of methoxy groups -OCH3 is 1. The molecule has 0 saturated carbocycles. The van der Waals surface area contributed by atoms with Gasteiger partial charge in [-0.15, -0.1) is 0 Å². The van der Waals surface area contributed by atoms with Gasteiger partial charge in [0.2, 0.25) is 11.8 Å². The van der Waals surface area contributed by atoms with E-state index in [2.05, 4.69) is 30.2 Å². The number of hydrogen-bond acceptors (Lipinski definition) is 7. The summed E-state index contributed by atoms with van der Waals surface area (Å²) in [5.41, 5.74) is 9.30. The van der Waals surface area contributed by atoms with Crippen LogP contribution in [0.5, 0.6) is 11.6 Å². The molecule has 0 saturated heterocycles. The fraction of sp³-hybridized carbons (Fsp3) is 0.115. The minimum Gasteiger partial charge on any atom is -0.507 e. The third-order valence-electron chi connectivity index (χ3n) is 5.92. The average molecular weight is 498 g/mol. The maximum atomic E-state index is 12.9. The van der Waals surface area contributed by atoms with Crippen LogP contribution in [0.2, 0.25) is 0 Å². The van der Waals surface area contributed by atoms with E-state index >= 15 is 0 Å². The Hall–Kier alpha value is -5.19. The van der Waals surface area contributed by atoms with E-state index in [4.69, 9.17) is 10.5 Å². The SMILES string of the molecule is COc1ncccc1-c1cccc(-c2nc3ccc(C(=O)N[C@@H](Cc4cnc[nH]4)C(N)=O)cc3[nH]2)c1O. The third-order valence-corrected chi connectivity index (χ3v) is 5.92. The van der Waals surface area contributed by atoms with Crippen molar-refractivity contribution in [3.63, 3.8) is 0 Å². The lowest BCUT2D eigenvalue weighted by Gasteiger charge is -2.14. The lowest BCUT2D eigenvalue weighted by atomic mass is 10.0. The van der Waals surface area contributed by atoms with Crippen molar-refractivity contribution in [3.05, 3.63) is 78.5 Å². The van der Waals surface area contributed by atoms with Crippen LogP contribution in [0.15, 0.2) is 67.3 Å². The Morgan fingerprint density at radius 2 is 1.95 bits per heavy atom. The molecule has 5 aromatic rings. The first-order chi connectivity index (χ1) is 17.9. The van der Waals surface area contributed by atoms with Crippen LogP contribution in [0.4, 0.5) is 0 Å². The van der Waals surface area contributed by atoms with Crippen LogP contribution in [0.1, 0.15) is 16.1 Å². The van der Waals surface area contributed by atoms with Gasteiger partial charge in [0.1, 0.15) is 17.6 Å². The molecule has 11 heteroatoms. The van der Waals surface area contributed by atoms with Crippen molar-refractivity contribution in [1.82, 2.24) is 30.2 Å². The zero-order valence-electron chi connectivity index (χ0n) is 19.7. The summed E-state index contributed by atoms with van der Waals surface area (Å²) in [4.78, 5) is 43.5. The van der Waals surface area contributed by atoms with E-state index in [1.807, 2.05) is 0 Å². The number of carbonyl (C=O) groups excluding carboxylic acids is 2. The molecule has 0 fully saturated rings. The smallest absolute Gasteiger partial charge is 0.252 e. The Morgan fingerprint density at radius 3 is 2.70 bits per heavy atom. The highest BCUT2D eigenvalue weighted by Gasteiger charge is 2.21. The molecule has 0 spiro atoms. The first kappa shape index (κ1) is 23.5. The van der Waals surface area contributed by atoms with E-state index in [0.717, 1.165) is 0 Å². The van der Waals surface area contributed by atoms with E-state index in [1.165, 1.54) is 13.4 Å². The molecule has 0 aliphatic carbocycles. The molecule has 0 radical (unpaired) electrons. The number of amides is 2. The fourth-order valence-corrected chi connectivity index (χ4v) is 4.07. The zero-order chi connectivity index (χ0) is 25.9. The molecule has 1 atom stereocenters. The zero-order valence-corrected chi connectivity index (χ0v) is 19.7. The molecule has 3 heterocycles. The predicted molar refractivity (Wildman–Crippen MR) is 136 cm³/mol. The number of fused-ring (bicyclic) bond motifs is 1. The number of nitrogens with zero attached hydrogens (tertiary/aromatic N) is 3. The number of aromatic amines is 2. The summed E-state index contributed by atoms with van der Waals surface area (Å²) in [5, 5.41) is 13.7. The van der Waals surface area contributed by atoms with Gasteiger partial charge in [0.05, 0.1) is 30.0 Å². The number of aromatic hydroxyl groups is 1. The van der Waals surface area contributed by atoms with Gasteiger partial charge in [-0.3, -0.25) is 9.59 Å². The second-order valence-corrected chi connectivity index (χ2v) is 8.29. The normalized spacial score (nSPS) is 11.8. The summed E-state index contributed by atoms with van der Waals surface area (Å²) in [5.74, 6) is -0.307. The van der Waals surface area contributed by atoms with E-state index in [1.54, 1.807) is 60.9 Å². The Bertz CT molecular complexity index is 1590. The highest BCUT2D eigenvalue weighted by Crippen LogP contribution is 2.40. The van der Waals surface area contributed by atoms with E-state index in [9.17, 15) is 14.7 Å². The van der Waals surface area contributed by atoms with Crippen molar-refractivity contribution in [3.8, 4) is 34.1 Å². The Labute approximate surface area is 210 Å². The molecule has 2 aromatic carbocycles. The summed E-state index contributed by atoms with van der Waals surface area (Å²) in [6.07, 6.45) is 4.85. The number of hydrogen-bond donors (Lipinski definition) is 5. The highest BCUT2D eigenvalue weighted by atomic mass is 16.5. The molecule has 0 unspecified atom stereocenters. The van der Waals surface area contributed by atoms with Crippen molar-refractivity contribution < 1.29 is 19.4 Å². The lowest BCUT2D eigenvalue weighted by Crippen LogP contribution is -2.45. The number of aromatic nitrogens is 5. The van der Waals surface area contributed by atoms with Gasteiger partial charge in [0.15, 0.2) is 0 Å². The molecule has 2 amide bonds. The van der Waals surface area contributed by atoms with Crippen LogP contribution < -0.4 is 15.8 Å². The molecule has 5 rings (SSSR count). The molecule has 6 N–H and O–H groups in total. The number of nitrogens with two attached hydrogens (primary N) is 1. The lowest BCUT2D eigenvalue weighted by molar-refractivity contribution is -0.119. The standard InChI is InChI=1S/C26H23N7O4/c1-37-26-17(6-3-9-29-26)16-4-2-5-18(22(16)34)24-31-19-8-7-14(10-20(19)32-24)25(36)33-21(23(27)35)11-15-12-28-13-30-15/h2-10,12-13,21,34H,11H2,1H3,(H2,27,35)(H,28,30)(H,31,32)(H,33,36)/t21-/m0/s1. The van der Waals surface area contributed by atoms with Crippen LogP contribution in [0.3, 0.4) is 0 Å². The summed E-state index contributed by atoms with van der Waals surface area (Å²) in [6.45, 7) is 0. The number of H-pyrrole nitrogens is 2. The predicted octanol–water partition coefficient (Wildman–Crippen LogP) is 2.56. The maximum Gasteiger partial charge on any atom is 0.252 e. The number of benzene rings is 2. The van der Waals surface area contributed by atoms with Gasteiger partial charge in [-0.1, -0.05) is 12.1 Å². The van der Waals surface area contributed by atoms with Gasteiger partial charge in [-0.2, -0.15) is 0 Å². The monoisotopic (exact) mass is 497 g/mol. The minimum absolute atomic E-state index is 0.00827. The summed E-state index contributed by atoms with van der Waals surface area (Å²) >= 11 is 0. The van der Waals surface area contributed by atoms with Gasteiger partial charge in [-0.25, -0.2) is 15.0 Å². The van der Waals surface area contributed by atoms with Crippen LogP contribution in [-0.2, 0) is 11.2 Å². The number of phenolic OH excluding ortho intramolecular Hbond substituents is 1. The second-order valence-electron chi connectivity index (χ2n) is 8.29. The average Bonchev–Trinajstić information content (AvgIpc) is 3.57. The molecule has 3 aromatic heterocycles. The molecule has 0 aliphatic rings. The second kappa shape index (κ2) is 9.82. The summed E-state index contributed by atoms with van der Waals surface area (Å²) in [6, 6.07) is 12.9. The van der Waals surface area contributed by atoms with Crippen molar-refractivity contribution in [2.45, 2.75) is 12.5 Å². The number of imidazole rings is 2. The van der Waals surface area contributed by atoms with Crippen molar-refractivity contribution in [2.24, 2.45) is 5.73 Å². The van der Waals surface area contributed by atoms with E-state index < -0.39 is 17.9 Å². The largest absolute Gasteiger partial charge is 0.507 e. The summed E-state index contributed by atoms with van der Waals surface area (Å²) < 4.78 is 5.34. The minimum atomic E-state index is -0.912. The van der Waals surface area contributed by atoms with Crippen LogP contribution in [0.25, 0.3) is 33.5 Å². The number of carbonyl (C=O) groups is 2. The molecule has 37 heavy (non-hydrogen) atoms. The maximum absolute atomic E-state index is 12.9. The van der Waals surface area contributed by atoms with Crippen molar-refractivity contribution >= 4 is 22.8 Å². The molecular formula is C26H23N7O4. The number of ether oxygens (including phenoxy) is 1. The first-order valence-electron chi connectivity index (χ1n) is 11.3.